The molecule has 0 aliphatic carbocycles. The quantitative estimate of drug-likeness (QED) is 0.753. The van der Waals surface area contributed by atoms with Crippen LogP contribution in [0.25, 0.3) is 0 Å². The molecule has 0 bridgehead atoms. The molecule has 0 unspecified atom stereocenters. The summed E-state index contributed by atoms with van der Waals surface area (Å²) in [5.74, 6) is 0.710. The van der Waals surface area contributed by atoms with Crippen LogP contribution in [0.3, 0.4) is 0 Å². The van der Waals surface area contributed by atoms with Crippen LogP contribution in [0.15, 0.2) is 39.8 Å². The van der Waals surface area contributed by atoms with E-state index in [1.165, 1.54) is 19.2 Å². The first-order chi connectivity index (χ1) is 9.97. The Morgan fingerprint density at radius 1 is 1.38 bits per heavy atom. The maximum Gasteiger partial charge on any atom is 0.241 e. The SMILES string of the molecule is CNS(=O)(=O)c1cc(CO)c(NCc2ccco2)cc1Cl. The summed E-state index contributed by atoms with van der Waals surface area (Å²) >= 11 is 6.02. The molecule has 0 radical (unpaired) electrons. The second kappa shape index (κ2) is 6.48. The number of aliphatic hydroxyl groups excluding tert-OH is 1. The zero-order valence-electron chi connectivity index (χ0n) is 11.3. The van der Waals surface area contributed by atoms with Crippen molar-refractivity contribution in [2.45, 2.75) is 18.0 Å². The molecule has 3 N–H and O–H groups in total. The van der Waals surface area contributed by atoms with Crippen molar-refractivity contribution in [2.24, 2.45) is 0 Å². The van der Waals surface area contributed by atoms with Crippen LogP contribution in [-0.4, -0.2) is 20.6 Å². The van der Waals surface area contributed by atoms with Crippen LogP contribution in [-0.2, 0) is 23.2 Å². The van der Waals surface area contributed by atoms with Gasteiger partial charge in [0.15, 0.2) is 0 Å². The topological polar surface area (TPSA) is 91.6 Å². The normalized spacial score (nSPS) is 11.6. The fourth-order valence-electron chi connectivity index (χ4n) is 1.80. The van der Waals surface area contributed by atoms with Crippen LogP contribution in [0, 0.1) is 0 Å². The first kappa shape index (κ1) is 15.8. The Balaban J connectivity index is 2.33. The largest absolute Gasteiger partial charge is 0.467 e. The van der Waals surface area contributed by atoms with Gasteiger partial charge in [0.1, 0.15) is 10.7 Å². The lowest BCUT2D eigenvalue weighted by molar-refractivity contribution is 0.282. The summed E-state index contributed by atoms with van der Waals surface area (Å²) in [7, 11) is -2.38. The van der Waals surface area contributed by atoms with E-state index in [0.717, 1.165) is 0 Å². The molecular weight excluding hydrogens is 316 g/mol. The lowest BCUT2D eigenvalue weighted by Crippen LogP contribution is -2.19. The minimum atomic E-state index is -3.68. The van der Waals surface area contributed by atoms with E-state index in [-0.39, 0.29) is 16.5 Å². The third-order valence-corrected chi connectivity index (χ3v) is 4.80. The molecule has 0 aliphatic heterocycles. The minimum absolute atomic E-state index is 0.0701. The molecule has 2 rings (SSSR count). The number of rotatable bonds is 6. The van der Waals surface area contributed by atoms with Gasteiger partial charge in [0.05, 0.1) is 24.4 Å². The monoisotopic (exact) mass is 330 g/mol. The third-order valence-electron chi connectivity index (χ3n) is 2.92. The fourth-order valence-corrected chi connectivity index (χ4v) is 3.10. The summed E-state index contributed by atoms with van der Waals surface area (Å²) in [5.41, 5.74) is 0.980. The molecule has 6 nitrogen and oxygen atoms in total. The molecule has 0 saturated heterocycles. The number of benzene rings is 1. The first-order valence-electron chi connectivity index (χ1n) is 6.11. The van der Waals surface area contributed by atoms with Gasteiger partial charge in [0, 0.05) is 11.3 Å². The number of hydrogen-bond donors (Lipinski definition) is 3. The van der Waals surface area contributed by atoms with Crippen molar-refractivity contribution in [3.63, 3.8) is 0 Å². The van der Waals surface area contributed by atoms with Gasteiger partial charge in [0.25, 0.3) is 0 Å². The summed E-state index contributed by atoms with van der Waals surface area (Å²) in [6.07, 6.45) is 1.56. The Morgan fingerprint density at radius 2 is 2.14 bits per heavy atom. The average Bonchev–Trinajstić information content (AvgIpc) is 2.98. The zero-order valence-corrected chi connectivity index (χ0v) is 12.8. The lowest BCUT2D eigenvalue weighted by atomic mass is 10.2. The molecule has 114 valence electrons. The molecule has 1 heterocycles. The summed E-state index contributed by atoms with van der Waals surface area (Å²) in [6.45, 7) is 0.0817. The molecule has 2 aromatic rings. The maximum atomic E-state index is 11.8. The van der Waals surface area contributed by atoms with E-state index < -0.39 is 10.0 Å². The molecule has 0 atom stereocenters. The number of hydrogen-bond acceptors (Lipinski definition) is 5. The second-order valence-electron chi connectivity index (χ2n) is 4.24. The van der Waals surface area contributed by atoms with Crippen molar-refractivity contribution in [2.75, 3.05) is 12.4 Å². The summed E-state index contributed by atoms with van der Waals surface area (Å²) < 4.78 is 31.1. The van der Waals surface area contributed by atoms with Crippen LogP contribution < -0.4 is 10.0 Å². The molecule has 0 spiro atoms. The standard InChI is InChI=1S/C13H15ClN2O4S/c1-15-21(18,19)13-5-9(8-17)12(6-11(13)14)16-7-10-3-2-4-20-10/h2-6,15-17H,7-8H2,1H3. The van der Waals surface area contributed by atoms with E-state index in [0.29, 0.717) is 23.6 Å². The number of anilines is 1. The molecule has 8 heteroatoms. The molecule has 21 heavy (non-hydrogen) atoms. The van der Waals surface area contributed by atoms with Gasteiger partial charge >= 0.3 is 0 Å². The van der Waals surface area contributed by atoms with Gasteiger partial charge in [-0.3, -0.25) is 0 Å². The van der Waals surface area contributed by atoms with Crippen LogP contribution >= 0.6 is 11.6 Å². The van der Waals surface area contributed by atoms with Crippen molar-refractivity contribution in [1.29, 1.82) is 0 Å². The van der Waals surface area contributed by atoms with Crippen molar-refractivity contribution >= 4 is 27.3 Å². The van der Waals surface area contributed by atoms with Gasteiger partial charge in [-0.25, -0.2) is 13.1 Å². The Morgan fingerprint density at radius 3 is 2.71 bits per heavy atom. The first-order valence-corrected chi connectivity index (χ1v) is 7.97. The van der Waals surface area contributed by atoms with E-state index in [1.54, 1.807) is 18.4 Å². The van der Waals surface area contributed by atoms with Crippen LogP contribution in [0.4, 0.5) is 5.69 Å². The highest BCUT2D eigenvalue weighted by Gasteiger charge is 2.18. The molecule has 1 aromatic carbocycles. The number of halogens is 1. The number of sulfonamides is 1. The highest BCUT2D eigenvalue weighted by molar-refractivity contribution is 7.89. The second-order valence-corrected chi connectivity index (χ2v) is 6.50. The average molecular weight is 331 g/mol. The van der Waals surface area contributed by atoms with Crippen molar-refractivity contribution in [3.8, 4) is 0 Å². The van der Waals surface area contributed by atoms with Crippen molar-refractivity contribution in [3.05, 3.63) is 46.9 Å². The molecular formula is C13H15ClN2O4S. The number of aliphatic hydroxyl groups is 1. The van der Waals surface area contributed by atoms with Crippen molar-refractivity contribution in [1.82, 2.24) is 4.72 Å². The zero-order chi connectivity index (χ0) is 15.5. The molecule has 0 fully saturated rings. The third kappa shape index (κ3) is 3.56. The van der Waals surface area contributed by atoms with Gasteiger partial charge in [-0.05, 0) is 31.3 Å². The van der Waals surface area contributed by atoms with Crippen LogP contribution in [0.1, 0.15) is 11.3 Å². The Labute approximate surface area is 127 Å². The molecule has 0 saturated carbocycles. The summed E-state index contributed by atoms with van der Waals surface area (Å²) in [4.78, 5) is -0.0701. The highest BCUT2D eigenvalue weighted by Crippen LogP contribution is 2.29. The van der Waals surface area contributed by atoms with E-state index in [4.69, 9.17) is 16.0 Å². The predicted molar refractivity (Wildman–Crippen MR) is 79.7 cm³/mol. The Kier molecular flexibility index (Phi) is 4.89. The molecule has 1 aromatic heterocycles. The summed E-state index contributed by atoms with van der Waals surface area (Å²) in [6, 6.07) is 6.38. The van der Waals surface area contributed by atoms with Gasteiger partial charge < -0.3 is 14.8 Å². The highest BCUT2D eigenvalue weighted by atomic mass is 35.5. The van der Waals surface area contributed by atoms with Gasteiger partial charge in [-0.2, -0.15) is 0 Å². The smallest absolute Gasteiger partial charge is 0.241 e. The van der Waals surface area contributed by atoms with E-state index in [9.17, 15) is 13.5 Å². The minimum Gasteiger partial charge on any atom is -0.467 e. The van der Waals surface area contributed by atoms with Crippen molar-refractivity contribution < 1.29 is 17.9 Å². The van der Waals surface area contributed by atoms with Gasteiger partial charge in [-0.1, -0.05) is 11.6 Å². The number of nitrogens with one attached hydrogen (secondary N) is 2. The van der Waals surface area contributed by atoms with E-state index >= 15 is 0 Å². The lowest BCUT2D eigenvalue weighted by Gasteiger charge is -2.13. The number of furan rings is 1. The molecule has 0 aliphatic rings. The van der Waals surface area contributed by atoms with Gasteiger partial charge in [0.2, 0.25) is 10.0 Å². The predicted octanol–water partition coefficient (Wildman–Crippen LogP) is 1.95. The Bertz CT molecular complexity index is 714. The van der Waals surface area contributed by atoms with E-state index in [2.05, 4.69) is 10.0 Å². The van der Waals surface area contributed by atoms with Crippen LogP contribution in [0.5, 0.6) is 0 Å². The van der Waals surface area contributed by atoms with Gasteiger partial charge in [-0.15, -0.1) is 0 Å². The maximum absolute atomic E-state index is 11.8. The summed E-state index contributed by atoms with van der Waals surface area (Å²) in [5, 5.41) is 12.5. The fraction of sp³-hybridized carbons (Fsp3) is 0.231. The molecule has 0 amide bonds. The van der Waals surface area contributed by atoms with E-state index in [1.807, 2.05) is 0 Å². The van der Waals surface area contributed by atoms with Crippen LogP contribution in [0.2, 0.25) is 5.02 Å². The Hall–Kier alpha value is -1.54.